The molecule has 0 saturated heterocycles. The molecule has 0 aliphatic heterocycles. The molecule has 2 rings (SSSR count). The summed E-state index contributed by atoms with van der Waals surface area (Å²) in [5.74, 6) is -0.695. The van der Waals surface area contributed by atoms with Gasteiger partial charge >= 0.3 is 6.18 Å². The Morgan fingerprint density at radius 3 is 2.29 bits per heavy atom. The highest BCUT2D eigenvalue weighted by Crippen LogP contribution is 2.32. The molecule has 1 aliphatic rings. The molecule has 1 aromatic carbocycles. The summed E-state index contributed by atoms with van der Waals surface area (Å²) in [5.41, 5.74) is 5.50. The van der Waals surface area contributed by atoms with Crippen LogP contribution in [-0.2, 0) is 10.0 Å². The van der Waals surface area contributed by atoms with Crippen molar-refractivity contribution in [2.24, 2.45) is 11.7 Å². The van der Waals surface area contributed by atoms with Crippen LogP contribution in [0.15, 0.2) is 29.2 Å². The zero-order valence-electron chi connectivity index (χ0n) is 12.6. The van der Waals surface area contributed by atoms with Crippen molar-refractivity contribution in [3.8, 4) is 0 Å². The molecule has 1 unspecified atom stereocenters. The number of nitrogens with one attached hydrogen (secondary N) is 2. The first-order chi connectivity index (χ1) is 11.1. The molecule has 0 bridgehead atoms. The van der Waals surface area contributed by atoms with Gasteiger partial charge in [0.1, 0.15) is 6.54 Å². The van der Waals surface area contributed by atoms with Gasteiger partial charge in [-0.25, -0.2) is 13.1 Å². The first kappa shape index (κ1) is 18.7. The molecule has 1 saturated carbocycles. The summed E-state index contributed by atoms with van der Waals surface area (Å²) in [6, 6.07) is 4.32. The number of nitrogens with two attached hydrogens (primary N) is 1. The zero-order valence-corrected chi connectivity index (χ0v) is 13.5. The number of amides is 1. The minimum atomic E-state index is -4.51. The molecule has 6 nitrogen and oxygen atoms in total. The van der Waals surface area contributed by atoms with Gasteiger partial charge in [-0.05, 0) is 43.0 Å². The average Bonchev–Trinajstić information content (AvgIpc) is 3.34. The number of hydrogen-bond donors (Lipinski definition) is 3. The Morgan fingerprint density at radius 1 is 1.25 bits per heavy atom. The summed E-state index contributed by atoms with van der Waals surface area (Å²) in [6.45, 7) is -1.27. The number of rotatable bonds is 7. The second-order valence-electron chi connectivity index (χ2n) is 5.62. The monoisotopic (exact) mass is 365 g/mol. The predicted octanol–water partition coefficient (Wildman–Crippen LogP) is 0.994. The van der Waals surface area contributed by atoms with Crippen LogP contribution in [0.25, 0.3) is 0 Å². The third-order valence-corrected chi connectivity index (χ3v) is 5.13. The molecule has 1 amide bonds. The maximum atomic E-state index is 12.3. The summed E-state index contributed by atoms with van der Waals surface area (Å²) in [4.78, 5) is 11.5. The van der Waals surface area contributed by atoms with Crippen molar-refractivity contribution >= 4 is 15.9 Å². The van der Waals surface area contributed by atoms with Gasteiger partial charge in [-0.2, -0.15) is 13.2 Å². The number of carbonyl (C=O) groups excluding carboxylic acids is 1. The highest BCUT2D eigenvalue weighted by Gasteiger charge is 2.33. The first-order valence-corrected chi connectivity index (χ1v) is 8.78. The SMILES string of the molecule is NCC(NS(=O)(=O)c1ccc(C(=O)NCC(F)(F)F)cc1)C1CC1. The molecule has 24 heavy (non-hydrogen) atoms. The van der Waals surface area contributed by atoms with Crippen LogP contribution in [0.3, 0.4) is 0 Å². The Hall–Kier alpha value is -1.65. The van der Waals surface area contributed by atoms with Crippen molar-refractivity contribution in [2.75, 3.05) is 13.1 Å². The highest BCUT2D eigenvalue weighted by molar-refractivity contribution is 7.89. The van der Waals surface area contributed by atoms with E-state index in [1.165, 1.54) is 12.1 Å². The van der Waals surface area contributed by atoms with Gasteiger partial charge in [-0.15, -0.1) is 0 Å². The fourth-order valence-electron chi connectivity index (χ4n) is 2.17. The lowest BCUT2D eigenvalue weighted by Gasteiger charge is -2.16. The summed E-state index contributed by atoms with van der Waals surface area (Å²) in [7, 11) is -3.80. The zero-order chi connectivity index (χ0) is 18.0. The smallest absolute Gasteiger partial charge is 0.343 e. The lowest BCUT2D eigenvalue weighted by molar-refractivity contribution is -0.123. The molecule has 134 valence electrons. The number of carbonyl (C=O) groups is 1. The van der Waals surface area contributed by atoms with Crippen molar-refractivity contribution in [2.45, 2.75) is 30.0 Å². The molecular weight excluding hydrogens is 347 g/mol. The largest absolute Gasteiger partial charge is 0.405 e. The summed E-state index contributed by atoms with van der Waals surface area (Å²) < 4.78 is 63.2. The van der Waals surface area contributed by atoms with Gasteiger partial charge in [0.05, 0.1) is 4.90 Å². The van der Waals surface area contributed by atoms with Crippen molar-refractivity contribution in [1.29, 1.82) is 0 Å². The molecule has 1 aromatic rings. The highest BCUT2D eigenvalue weighted by atomic mass is 32.2. The van der Waals surface area contributed by atoms with Crippen LogP contribution in [0.1, 0.15) is 23.2 Å². The van der Waals surface area contributed by atoms with Gasteiger partial charge in [-0.3, -0.25) is 4.79 Å². The minimum Gasteiger partial charge on any atom is -0.343 e. The van der Waals surface area contributed by atoms with Gasteiger partial charge in [0.2, 0.25) is 10.0 Å². The normalized spacial score (nSPS) is 16.7. The molecule has 0 aromatic heterocycles. The van der Waals surface area contributed by atoms with E-state index in [2.05, 4.69) is 4.72 Å². The van der Waals surface area contributed by atoms with Crippen LogP contribution in [0.2, 0.25) is 0 Å². The average molecular weight is 365 g/mol. The van der Waals surface area contributed by atoms with E-state index in [-0.39, 0.29) is 29.0 Å². The van der Waals surface area contributed by atoms with E-state index in [4.69, 9.17) is 5.73 Å². The Bertz CT molecular complexity index is 685. The van der Waals surface area contributed by atoms with E-state index in [1.54, 1.807) is 5.32 Å². The number of halogens is 3. The minimum absolute atomic E-state index is 0.0595. The molecule has 10 heteroatoms. The predicted molar refractivity (Wildman–Crippen MR) is 80.7 cm³/mol. The Balaban J connectivity index is 2.03. The molecule has 1 aliphatic carbocycles. The van der Waals surface area contributed by atoms with Crippen molar-refractivity contribution in [3.05, 3.63) is 29.8 Å². The van der Waals surface area contributed by atoms with E-state index in [0.717, 1.165) is 25.0 Å². The second-order valence-corrected chi connectivity index (χ2v) is 7.34. The molecular formula is C14H18F3N3O3S. The van der Waals surface area contributed by atoms with Crippen molar-refractivity contribution in [3.63, 3.8) is 0 Å². The van der Waals surface area contributed by atoms with E-state index in [9.17, 15) is 26.4 Å². The molecule has 1 atom stereocenters. The number of hydrogen-bond acceptors (Lipinski definition) is 4. The number of benzene rings is 1. The van der Waals surface area contributed by atoms with E-state index < -0.39 is 28.7 Å². The standard InChI is InChI=1S/C14H18F3N3O3S/c15-14(16,17)8-19-13(21)10-3-5-11(6-4-10)24(22,23)20-12(7-18)9-1-2-9/h3-6,9,12,20H,1-2,7-8,18H2,(H,19,21). The quantitative estimate of drug-likeness (QED) is 0.671. The molecule has 4 N–H and O–H groups in total. The van der Waals surface area contributed by atoms with E-state index in [0.29, 0.717) is 0 Å². The van der Waals surface area contributed by atoms with Gasteiger partial charge < -0.3 is 11.1 Å². The lowest BCUT2D eigenvalue weighted by Crippen LogP contribution is -2.41. The molecule has 0 radical (unpaired) electrons. The van der Waals surface area contributed by atoms with Gasteiger partial charge in [0.25, 0.3) is 5.91 Å². The van der Waals surface area contributed by atoms with Gasteiger partial charge in [0, 0.05) is 18.2 Å². The lowest BCUT2D eigenvalue weighted by atomic mass is 10.2. The fraction of sp³-hybridized carbons (Fsp3) is 0.500. The van der Waals surface area contributed by atoms with Crippen LogP contribution in [0.5, 0.6) is 0 Å². The molecule has 0 spiro atoms. The first-order valence-electron chi connectivity index (χ1n) is 7.30. The Kier molecular flexibility index (Phi) is 5.51. The topological polar surface area (TPSA) is 101 Å². The molecule has 0 heterocycles. The Morgan fingerprint density at radius 2 is 1.83 bits per heavy atom. The summed E-state index contributed by atoms with van der Waals surface area (Å²) in [6.07, 6.45) is -2.67. The van der Waals surface area contributed by atoms with Crippen molar-refractivity contribution < 1.29 is 26.4 Å². The van der Waals surface area contributed by atoms with E-state index >= 15 is 0 Å². The maximum absolute atomic E-state index is 12.3. The van der Waals surface area contributed by atoms with Gasteiger partial charge in [0.15, 0.2) is 0 Å². The van der Waals surface area contributed by atoms with Crippen LogP contribution >= 0.6 is 0 Å². The fourth-order valence-corrected chi connectivity index (χ4v) is 3.49. The van der Waals surface area contributed by atoms with Crippen LogP contribution < -0.4 is 15.8 Å². The third kappa shape index (κ3) is 5.18. The number of alkyl halides is 3. The van der Waals surface area contributed by atoms with Crippen LogP contribution in [0, 0.1) is 5.92 Å². The summed E-state index contributed by atoms with van der Waals surface area (Å²) in [5, 5.41) is 1.72. The van der Waals surface area contributed by atoms with Crippen LogP contribution in [0.4, 0.5) is 13.2 Å². The van der Waals surface area contributed by atoms with Crippen molar-refractivity contribution in [1.82, 2.24) is 10.0 Å². The maximum Gasteiger partial charge on any atom is 0.405 e. The molecule has 1 fully saturated rings. The number of sulfonamides is 1. The second kappa shape index (κ2) is 7.08. The Labute approximate surface area is 137 Å². The van der Waals surface area contributed by atoms with Gasteiger partial charge in [-0.1, -0.05) is 0 Å². The third-order valence-electron chi connectivity index (χ3n) is 3.63. The van der Waals surface area contributed by atoms with E-state index in [1.807, 2.05) is 0 Å². The van der Waals surface area contributed by atoms with Crippen LogP contribution in [-0.4, -0.2) is 39.6 Å². The summed E-state index contributed by atoms with van der Waals surface area (Å²) >= 11 is 0.